The Bertz CT molecular complexity index is 962. The van der Waals surface area contributed by atoms with Crippen molar-refractivity contribution in [2.75, 3.05) is 22.9 Å². The number of hydrogen-bond acceptors (Lipinski definition) is 4. The van der Waals surface area contributed by atoms with Crippen LogP contribution < -0.4 is 9.80 Å². The number of nitro benzene ring substituents is 1. The normalized spacial score (nSPS) is 18.7. The SMILES string of the molecule is O=C1C[C@H](C(=O)N2CCc3cc([N+](=O)[O-])ccc32)CN1c1cccc(Cl)c1. The average molecular weight is 386 g/mol. The van der Waals surface area contributed by atoms with E-state index < -0.39 is 10.8 Å². The van der Waals surface area contributed by atoms with Crippen LogP contribution in [0.2, 0.25) is 5.02 Å². The van der Waals surface area contributed by atoms with Gasteiger partial charge < -0.3 is 9.80 Å². The van der Waals surface area contributed by atoms with E-state index in [4.69, 9.17) is 11.6 Å². The maximum Gasteiger partial charge on any atom is 0.269 e. The molecule has 0 unspecified atom stereocenters. The third-order valence-corrected chi connectivity index (χ3v) is 5.26. The largest absolute Gasteiger partial charge is 0.312 e. The first kappa shape index (κ1) is 17.5. The predicted octanol–water partition coefficient (Wildman–Crippen LogP) is 3.19. The molecular weight excluding hydrogens is 370 g/mol. The fourth-order valence-electron chi connectivity index (χ4n) is 3.72. The van der Waals surface area contributed by atoms with Gasteiger partial charge in [-0.05, 0) is 36.2 Å². The summed E-state index contributed by atoms with van der Waals surface area (Å²) in [6, 6.07) is 11.5. The summed E-state index contributed by atoms with van der Waals surface area (Å²) in [5.41, 5.74) is 2.18. The first-order valence-electron chi connectivity index (χ1n) is 8.58. The summed E-state index contributed by atoms with van der Waals surface area (Å²) >= 11 is 6.00. The molecule has 0 radical (unpaired) electrons. The first-order chi connectivity index (χ1) is 12.9. The maximum atomic E-state index is 13.0. The van der Waals surface area contributed by atoms with Gasteiger partial charge in [0.15, 0.2) is 0 Å². The van der Waals surface area contributed by atoms with Crippen LogP contribution in [0.1, 0.15) is 12.0 Å². The highest BCUT2D eigenvalue weighted by molar-refractivity contribution is 6.31. The number of nitrogens with zero attached hydrogens (tertiary/aromatic N) is 3. The lowest BCUT2D eigenvalue weighted by Gasteiger charge is -2.21. The standard InChI is InChI=1S/C19H16ClN3O4/c20-14-2-1-3-15(10-14)22-11-13(9-18(22)24)19(25)21-7-6-12-8-16(23(26)27)4-5-17(12)21/h1-5,8,10,13H,6-7,9,11H2/t13-/m0/s1. The van der Waals surface area contributed by atoms with Crippen LogP contribution in [0, 0.1) is 16.0 Å². The van der Waals surface area contributed by atoms with Gasteiger partial charge in [-0.15, -0.1) is 0 Å². The van der Waals surface area contributed by atoms with Crippen LogP contribution in [0.4, 0.5) is 17.1 Å². The molecule has 8 heteroatoms. The Labute approximate surface area is 160 Å². The van der Waals surface area contributed by atoms with E-state index in [2.05, 4.69) is 0 Å². The van der Waals surface area contributed by atoms with Crippen molar-refractivity contribution in [2.45, 2.75) is 12.8 Å². The molecule has 4 rings (SSSR count). The van der Waals surface area contributed by atoms with E-state index in [-0.39, 0.29) is 23.9 Å². The summed E-state index contributed by atoms with van der Waals surface area (Å²) in [7, 11) is 0. The highest BCUT2D eigenvalue weighted by atomic mass is 35.5. The van der Waals surface area contributed by atoms with Crippen molar-refractivity contribution in [1.29, 1.82) is 0 Å². The number of fused-ring (bicyclic) bond motifs is 1. The lowest BCUT2D eigenvalue weighted by molar-refractivity contribution is -0.384. The number of non-ortho nitro benzene ring substituents is 1. The van der Waals surface area contributed by atoms with Crippen LogP contribution in [0.5, 0.6) is 0 Å². The molecule has 1 atom stereocenters. The average Bonchev–Trinajstić information content (AvgIpc) is 3.24. The molecule has 2 aliphatic rings. The molecule has 2 heterocycles. The van der Waals surface area contributed by atoms with Gasteiger partial charge in [-0.1, -0.05) is 17.7 Å². The van der Waals surface area contributed by atoms with Crippen molar-refractivity contribution in [2.24, 2.45) is 5.92 Å². The second-order valence-electron chi connectivity index (χ2n) is 6.70. The van der Waals surface area contributed by atoms with Gasteiger partial charge in [0.1, 0.15) is 0 Å². The Balaban J connectivity index is 1.54. The predicted molar refractivity (Wildman–Crippen MR) is 101 cm³/mol. The molecule has 138 valence electrons. The molecule has 2 aliphatic heterocycles. The minimum absolute atomic E-state index is 0.0197. The van der Waals surface area contributed by atoms with Gasteiger partial charge in [0, 0.05) is 48.0 Å². The lowest BCUT2D eigenvalue weighted by Crippen LogP contribution is -2.36. The summed E-state index contributed by atoms with van der Waals surface area (Å²) in [5, 5.41) is 11.5. The molecule has 0 aliphatic carbocycles. The summed E-state index contributed by atoms with van der Waals surface area (Å²) in [6.07, 6.45) is 0.714. The van der Waals surface area contributed by atoms with E-state index in [1.807, 2.05) is 0 Å². The van der Waals surface area contributed by atoms with E-state index in [1.165, 1.54) is 12.1 Å². The number of amides is 2. The molecule has 0 bridgehead atoms. The zero-order valence-electron chi connectivity index (χ0n) is 14.3. The molecule has 0 aromatic heterocycles. The molecule has 0 saturated carbocycles. The Kier molecular flexibility index (Phi) is 4.31. The molecule has 2 aromatic carbocycles. The molecule has 7 nitrogen and oxygen atoms in total. The van der Waals surface area contributed by atoms with Gasteiger partial charge in [-0.25, -0.2) is 0 Å². The zero-order chi connectivity index (χ0) is 19.1. The molecule has 27 heavy (non-hydrogen) atoms. The minimum atomic E-state index is -0.447. The Morgan fingerprint density at radius 2 is 2.04 bits per heavy atom. The first-order valence-corrected chi connectivity index (χ1v) is 8.96. The molecule has 1 saturated heterocycles. The number of nitro groups is 1. The van der Waals surface area contributed by atoms with Gasteiger partial charge >= 0.3 is 0 Å². The molecular formula is C19H16ClN3O4. The summed E-state index contributed by atoms with van der Waals surface area (Å²) < 4.78 is 0. The van der Waals surface area contributed by atoms with Crippen LogP contribution in [0.25, 0.3) is 0 Å². The highest BCUT2D eigenvalue weighted by Gasteiger charge is 2.39. The highest BCUT2D eigenvalue weighted by Crippen LogP contribution is 2.34. The fraction of sp³-hybridized carbons (Fsp3) is 0.263. The minimum Gasteiger partial charge on any atom is -0.312 e. The summed E-state index contributed by atoms with van der Waals surface area (Å²) in [4.78, 5) is 39.1. The number of rotatable bonds is 3. The van der Waals surface area contributed by atoms with E-state index in [0.29, 0.717) is 35.9 Å². The van der Waals surface area contributed by atoms with Crippen molar-refractivity contribution in [3.63, 3.8) is 0 Å². The second-order valence-corrected chi connectivity index (χ2v) is 7.13. The molecule has 0 spiro atoms. The number of carbonyl (C=O) groups excluding carboxylic acids is 2. The van der Waals surface area contributed by atoms with E-state index >= 15 is 0 Å². The Hall–Kier alpha value is -2.93. The topological polar surface area (TPSA) is 83.8 Å². The molecule has 1 fully saturated rings. The van der Waals surface area contributed by atoms with Crippen molar-refractivity contribution in [1.82, 2.24) is 0 Å². The number of benzene rings is 2. The van der Waals surface area contributed by atoms with Crippen molar-refractivity contribution in [3.05, 3.63) is 63.2 Å². The van der Waals surface area contributed by atoms with Crippen LogP contribution in [-0.2, 0) is 16.0 Å². The van der Waals surface area contributed by atoms with Gasteiger partial charge in [0.25, 0.3) is 5.69 Å². The van der Waals surface area contributed by atoms with Gasteiger partial charge in [0.2, 0.25) is 11.8 Å². The van der Waals surface area contributed by atoms with E-state index in [1.54, 1.807) is 40.1 Å². The second kappa shape index (κ2) is 6.66. The van der Waals surface area contributed by atoms with Crippen LogP contribution in [-0.4, -0.2) is 29.8 Å². The zero-order valence-corrected chi connectivity index (χ0v) is 15.1. The van der Waals surface area contributed by atoms with Crippen molar-refractivity contribution >= 4 is 40.5 Å². The number of anilines is 2. The summed E-state index contributed by atoms with van der Waals surface area (Å²) in [6.45, 7) is 0.772. The maximum absolute atomic E-state index is 13.0. The summed E-state index contributed by atoms with van der Waals surface area (Å²) in [5.74, 6) is -0.683. The van der Waals surface area contributed by atoms with Crippen molar-refractivity contribution < 1.29 is 14.5 Å². The van der Waals surface area contributed by atoms with E-state index in [0.717, 1.165) is 5.56 Å². The number of carbonyl (C=O) groups is 2. The Morgan fingerprint density at radius 1 is 1.22 bits per heavy atom. The van der Waals surface area contributed by atoms with E-state index in [9.17, 15) is 19.7 Å². The third-order valence-electron chi connectivity index (χ3n) is 5.03. The van der Waals surface area contributed by atoms with Crippen LogP contribution >= 0.6 is 11.6 Å². The molecule has 2 aromatic rings. The third kappa shape index (κ3) is 3.14. The van der Waals surface area contributed by atoms with Crippen LogP contribution in [0.15, 0.2) is 42.5 Å². The monoisotopic (exact) mass is 385 g/mol. The number of hydrogen-bond donors (Lipinski definition) is 0. The van der Waals surface area contributed by atoms with Gasteiger partial charge in [-0.2, -0.15) is 0 Å². The fourth-order valence-corrected chi connectivity index (χ4v) is 3.90. The molecule has 2 amide bonds. The van der Waals surface area contributed by atoms with Gasteiger partial charge in [-0.3, -0.25) is 19.7 Å². The quantitative estimate of drug-likeness (QED) is 0.600. The lowest BCUT2D eigenvalue weighted by atomic mass is 10.1. The smallest absolute Gasteiger partial charge is 0.269 e. The van der Waals surface area contributed by atoms with Crippen LogP contribution in [0.3, 0.4) is 0 Å². The van der Waals surface area contributed by atoms with Gasteiger partial charge in [0.05, 0.1) is 10.8 Å². The Morgan fingerprint density at radius 3 is 2.78 bits per heavy atom. The van der Waals surface area contributed by atoms with Crippen molar-refractivity contribution in [3.8, 4) is 0 Å². The molecule has 0 N–H and O–H groups in total. The number of halogens is 1.